The van der Waals surface area contributed by atoms with Crippen molar-refractivity contribution >= 4 is 28.5 Å². The average Bonchev–Trinajstić information content (AvgIpc) is 2.70. The number of fused-ring (bicyclic) bond motifs is 1. The first-order valence-corrected chi connectivity index (χ1v) is 8.77. The zero-order valence-corrected chi connectivity index (χ0v) is 15.1. The SMILES string of the molecule is CCN(c1cccc2ccccc12)C(C(=O)C=O)c1cccc(C(F)(F)F)c1. The van der Waals surface area contributed by atoms with E-state index in [0.29, 0.717) is 12.2 Å². The minimum absolute atomic E-state index is 0.127. The summed E-state index contributed by atoms with van der Waals surface area (Å²) in [7, 11) is 0. The Hall–Kier alpha value is -3.15. The van der Waals surface area contributed by atoms with Gasteiger partial charge >= 0.3 is 6.18 Å². The minimum Gasteiger partial charge on any atom is -0.357 e. The van der Waals surface area contributed by atoms with Crippen LogP contribution in [0.15, 0.2) is 66.7 Å². The maximum absolute atomic E-state index is 13.2. The highest BCUT2D eigenvalue weighted by atomic mass is 19.4. The Labute approximate surface area is 160 Å². The van der Waals surface area contributed by atoms with E-state index >= 15 is 0 Å². The number of Topliss-reactive ketones (excluding diaryl/α,β-unsaturated/α-hetero) is 1. The van der Waals surface area contributed by atoms with Gasteiger partial charge in [-0.3, -0.25) is 9.59 Å². The van der Waals surface area contributed by atoms with Gasteiger partial charge in [0.25, 0.3) is 0 Å². The highest BCUT2D eigenvalue weighted by Crippen LogP contribution is 2.36. The molecular formula is C22H18F3NO2. The zero-order chi connectivity index (χ0) is 20.3. The quantitative estimate of drug-likeness (QED) is 0.433. The van der Waals surface area contributed by atoms with E-state index in [2.05, 4.69) is 0 Å². The Morgan fingerprint density at radius 1 is 1.04 bits per heavy atom. The van der Waals surface area contributed by atoms with Gasteiger partial charge in [0.1, 0.15) is 6.04 Å². The first-order valence-electron chi connectivity index (χ1n) is 8.77. The molecule has 0 heterocycles. The Kier molecular flexibility index (Phi) is 5.49. The molecular weight excluding hydrogens is 367 g/mol. The van der Waals surface area contributed by atoms with Crippen molar-refractivity contribution in [1.82, 2.24) is 0 Å². The summed E-state index contributed by atoms with van der Waals surface area (Å²) >= 11 is 0. The van der Waals surface area contributed by atoms with Crippen LogP contribution in [0.3, 0.4) is 0 Å². The van der Waals surface area contributed by atoms with Gasteiger partial charge < -0.3 is 4.90 Å². The van der Waals surface area contributed by atoms with Crippen LogP contribution >= 0.6 is 0 Å². The molecule has 3 aromatic rings. The van der Waals surface area contributed by atoms with Gasteiger partial charge in [-0.05, 0) is 36.1 Å². The standard InChI is InChI=1S/C22H18F3NO2/c1-2-26(19-12-6-8-15-7-3-4-11-18(15)19)21(20(28)14-27)16-9-5-10-17(13-16)22(23,24)25/h3-14,21H,2H2,1H3. The number of halogens is 3. The van der Waals surface area contributed by atoms with Crippen LogP contribution in [0, 0.1) is 0 Å². The predicted octanol–water partition coefficient (Wildman–Crippen LogP) is 5.19. The smallest absolute Gasteiger partial charge is 0.357 e. The molecule has 0 saturated heterocycles. The van der Waals surface area contributed by atoms with Gasteiger partial charge in [0.2, 0.25) is 5.78 Å². The van der Waals surface area contributed by atoms with Crippen LogP contribution in [0.4, 0.5) is 18.9 Å². The number of carbonyl (C=O) groups excluding carboxylic acids is 2. The number of ketones is 1. The molecule has 3 rings (SSSR count). The van der Waals surface area contributed by atoms with E-state index in [-0.39, 0.29) is 11.8 Å². The number of hydrogen-bond donors (Lipinski definition) is 0. The highest BCUT2D eigenvalue weighted by molar-refractivity contribution is 6.28. The second-order valence-corrected chi connectivity index (χ2v) is 6.33. The van der Waals surface area contributed by atoms with Crippen molar-refractivity contribution in [3.05, 3.63) is 77.9 Å². The van der Waals surface area contributed by atoms with Crippen molar-refractivity contribution in [2.45, 2.75) is 19.1 Å². The molecule has 3 aromatic carbocycles. The van der Waals surface area contributed by atoms with Crippen molar-refractivity contribution in [1.29, 1.82) is 0 Å². The van der Waals surface area contributed by atoms with E-state index in [4.69, 9.17) is 0 Å². The van der Waals surface area contributed by atoms with Crippen molar-refractivity contribution in [2.24, 2.45) is 0 Å². The molecule has 0 aliphatic heterocycles. The van der Waals surface area contributed by atoms with Crippen LogP contribution in [0.2, 0.25) is 0 Å². The molecule has 0 amide bonds. The van der Waals surface area contributed by atoms with Crippen LogP contribution in [-0.4, -0.2) is 18.6 Å². The lowest BCUT2D eigenvalue weighted by atomic mass is 9.97. The van der Waals surface area contributed by atoms with Crippen molar-refractivity contribution in [3.63, 3.8) is 0 Å². The third-order valence-electron chi connectivity index (χ3n) is 4.64. The van der Waals surface area contributed by atoms with E-state index in [9.17, 15) is 22.8 Å². The normalized spacial score (nSPS) is 12.6. The molecule has 0 fully saturated rings. The van der Waals surface area contributed by atoms with Gasteiger partial charge in [0.05, 0.1) is 5.56 Å². The second kappa shape index (κ2) is 7.84. The van der Waals surface area contributed by atoms with Crippen LogP contribution in [0.25, 0.3) is 10.8 Å². The van der Waals surface area contributed by atoms with Crippen molar-refractivity contribution < 1.29 is 22.8 Å². The maximum atomic E-state index is 13.2. The fourth-order valence-electron chi connectivity index (χ4n) is 3.40. The van der Waals surface area contributed by atoms with Gasteiger partial charge in [-0.15, -0.1) is 0 Å². The summed E-state index contributed by atoms with van der Waals surface area (Å²) in [4.78, 5) is 25.5. The largest absolute Gasteiger partial charge is 0.416 e. The van der Waals surface area contributed by atoms with Gasteiger partial charge in [0.15, 0.2) is 6.29 Å². The summed E-state index contributed by atoms with van der Waals surface area (Å²) in [6.07, 6.45) is -4.38. The first kappa shape index (κ1) is 19.6. The molecule has 144 valence electrons. The second-order valence-electron chi connectivity index (χ2n) is 6.33. The summed E-state index contributed by atoms with van der Waals surface area (Å²) in [5.74, 6) is -0.797. The van der Waals surface area contributed by atoms with Crippen LogP contribution < -0.4 is 4.90 Å². The lowest BCUT2D eigenvalue weighted by Crippen LogP contribution is -2.35. The molecule has 0 bridgehead atoms. The minimum atomic E-state index is -4.54. The van der Waals surface area contributed by atoms with Crippen molar-refractivity contribution in [3.8, 4) is 0 Å². The van der Waals surface area contributed by atoms with Gasteiger partial charge in [-0.25, -0.2) is 0 Å². The van der Waals surface area contributed by atoms with E-state index in [1.54, 1.807) is 17.9 Å². The number of carbonyl (C=O) groups is 2. The number of likely N-dealkylation sites (N-methyl/N-ethyl adjacent to an activating group) is 1. The van der Waals surface area contributed by atoms with E-state index in [1.165, 1.54) is 12.1 Å². The molecule has 0 aromatic heterocycles. The summed E-state index contributed by atoms with van der Waals surface area (Å²) < 4.78 is 39.5. The Morgan fingerprint density at radius 2 is 1.71 bits per heavy atom. The summed E-state index contributed by atoms with van der Waals surface area (Å²) in [6.45, 7) is 2.12. The number of aldehydes is 1. The topological polar surface area (TPSA) is 37.4 Å². The number of anilines is 1. The third kappa shape index (κ3) is 3.76. The van der Waals surface area contributed by atoms with E-state index in [0.717, 1.165) is 22.9 Å². The van der Waals surface area contributed by atoms with Crippen LogP contribution in [-0.2, 0) is 15.8 Å². The van der Waals surface area contributed by atoms with Gasteiger partial charge in [-0.2, -0.15) is 13.2 Å². The molecule has 0 saturated carbocycles. The van der Waals surface area contributed by atoms with Crippen LogP contribution in [0.1, 0.15) is 24.1 Å². The molecule has 0 aliphatic carbocycles. The van der Waals surface area contributed by atoms with Crippen molar-refractivity contribution in [2.75, 3.05) is 11.4 Å². The molecule has 0 aliphatic rings. The Morgan fingerprint density at radius 3 is 2.39 bits per heavy atom. The molecule has 28 heavy (non-hydrogen) atoms. The monoisotopic (exact) mass is 385 g/mol. The number of rotatable bonds is 6. The number of alkyl halides is 3. The number of nitrogens with zero attached hydrogens (tertiary/aromatic N) is 1. The molecule has 1 atom stereocenters. The average molecular weight is 385 g/mol. The summed E-state index contributed by atoms with van der Waals surface area (Å²) in [5.41, 5.74) is -0.0532. The fourth-order valence-corrected chi connectivity index (χ4v) is 3.40. The Balaban J connectivity index is 2.18. The molecule has 0 N–H and O–H groups in total. The Bertz CT molecular complexity index is 1010. The molecule has 3 nitrogen and oxygen atoms in total. The fraction of sp³-hybridized carbons (Fsp3) is 0.182. The number of hydrogen-bond acceptors (Lipinski definition) is 3. The molecule has 6 heteroatoms. The van der Waals surface area contributed by atoms with Crippen LogP contribution in [0.5, 0.6) is 0 Å². The third-order valence-corrected chi connectivity index (χ3v) is 4.64. The van der Waals surface area contributed by atoms with Gasteiger partial charge in [-0.1, -0.05) is 48.5 Å². The van der Waals surface area contributed by atoms with E-state index in [1.807, 2.05) is 36.4 Å². The lowest BCUT2D eigenvalue weighted by Gasteiger charge is -2.32. The lowest BCUT2D eigenvalue weighted by molar-refractivity contribution is -0.137. The predicted molar refractivity (Wildman–Crippen MR) is 102 cm³/mol. The summed E-state index contributed by atoms with van der Waals surface area (Å²) in [6, 6.07) is 16.5. The van der Waals surface area contributed by atoms with E-state index < -0.39 is 23.6 Å². The molecule has 0 spiro atoms. The molecule has 1 unspecified atom stereocenters. The number of benzene rings is 3. The maximum Gasteiger partial charge on any atom is 0.416 e. The first-order chi connectivity index (χ1) is 13.4. The zero-order valence-electron chi connectivity index (χ0n) is 15.1. The van der Waals surface area contributed by atoms with Gasteiger partial charge in [0, 0.05) is 17.6 Å². The highest BCUT2D eigenvalue weighted by Gasteiger charge is 2.33. The molecule has 0 radical (unpaired) electrons. The summed E-state index contributed by atoms with van der Waals surface area (Å²) in [5, 5.41) is 1.78.